The van der Waals surface area contributed by atoms with Gasteiger partial charge >= 0.3 is 6.03 Å². The van der Waals surface area contributed by atoms with Crippen LogP contribution in [0, 0.1) is 11.7 Å². The van der Waals surface area contributed by atoms with Crippen molar-refractivity contribution in [3.8, 4) is 0 Å². The van der Waals surface area contributed by atoms with Gasteiger partial charge in [0.05, 0.1) is 0 Å². The van der Waals surface area contributed by atoms with Crippen LogP contribution in [0.5, 0.6) is 0 Å². The van der Waals surface area contributed by atoms with Gasteiger partial charge in [0, 0.05) is 19.2 Å². The number of rotatable bonds is 6. The molecule has 0 aromatic heterocycles. The Morgan fingerprint density at radius 2 is 1.90 bits per heavy atom. The van der Waals surface area contributed by atoms with Gasteiger partial charge in [0.25, 0.3) is 0 Å². The normalized spacial score (nSPS) is 11.9. The Kier molecular flexibility index (Phi) is 6.65. The first-order chi connectivity index (χ1) is 9.93. The van der Waals surface area contributed by atoms with Crippen molar-refractivity contribution in [1.29, 1.82) is 0 Å². The first-order valence-electron chi connectivity index (χ1n) is 6.93. The molecule has 0 heterocycles. The molecule has 0 bridgehead atoms. The maximum absolute atomic E-state index is 13.4. The van der Waals surface area contributed by atoms with Crippen LogP contribution in [0.4, 0.5) is 9.18 Å². The van der Waals surface area contributed by atoms with Crippen molar-refractivity contribution in [1.82, 2.24) is 16.0 Å². The third-order valence-electron chi connectivity index (χ3n) is 2.97. The molecule has 1 aromatic carbocycles. The molecule has 1 atom stereocenters. The largest absolute Gasteiger partial charge is 0.357 e. The van der Waals surface area contributed by atoms with E-state index in [0.717, 1.165) is 0 Å². The number of carbonyl (C=O) groups excluding carboxylic acids is 2. The molecule has 0 aliphatic carbocycles. The van der Waals surface area contributed by atoms with E-state index in [2.05, 4.69) is 16.0 Å². The van der Waals surface area contributed by atoms with Crippen LogP contribution >= 0.6 is 0 Å². The van der Waals surface area contributed by atoms with Gasteiger partial charge < -0.3 is 16.0 Å². The number of halogens is 1. The predicted molar refractivity (Wildman–Crippen MR) is 79.1 cm³/mol. The van der Waals surface area contributed by atoms with Crippen molar-refractivity contribution in [2.45, 2.75) is 32.9 Å². The molecule has 5 nitrogen and oxygen atoms in total. The van der Waals surface area contributed by atoms with Crippen LogP contribution < -0.4 is 16.0 Å². The molecule has 21 heavy (non-hydrogen) atoms. The zero-order valence-corrected chi connectivity index (χ0v) is 12.6. The highest BCUT2D eigenvalue weighted by Crippen LogP contribution is 2.06. The number of carbonyl (C=O) groups is 2. The molecular weight excluding hydrogens is 273 g/mol. The predicted octanol–water partition coefficient (Wildman–Crippen LogP) is 1.79. The molecule has 0 spiro atoms. The second kappa shape index (κ2) is 8.24. The van der Waals surface area contributed by atoms with Crippen LogP contribution in [0.1, 0.15) is 25.8 Å². The molecule has 3 N–H and O–H groups in total. The van der Waals surface area contributed by atoms with Gasteiger partial charge in [-0.1, -0.05) is 32.0 Å². The van der Waals surface area contributed by atoms with E-state index in [-0.39, 0.29) is 24.2 Å². The van der Waals surface area contributed by atoms with E-state index >= 15 is 0 Å². The fourth-order valence-electron chi connectivity index (χ4n) is 1.90. The van der Waals surface area contributed by atoms with E-state index < -0.39 is 12.1 Å². The summed E-state index contributed by atoms with van der Waals surface area (Å²) in [7, 11) is 1.52. The lowest BCUT2D eigenvalue weighted by Crippen LogP contribution is -2.49. The zero-order valence-electron chi connectivity index (χ0n) is 12.6. The lowest BCUT2D eigenvalue weighted by atomic mass is 10.0. The summed E-state index contributed by atoms with van der Waals surface area (Å²) in [5, 5.41) is 7.67. The van der Waals surface area contributed by atoms with Gasteiger partial charge in [-0.25, -0.2) is 9.18 Å². The number of hydrogen-bond acceptors (Lipinski definition) is 2. The molecule has 3 amide bonds. The topological polar surface area (TPSA) is 70.2 Å². The molecule has 1 aromatic rings. The number of amides is 3. The molecule has 0 saturated carbocycles. The van der Waals surface area contributed by atoms with E-state index in [1.165, 1.54) is 13.1 Å². The smallest absolute Gasteiger partial charge is 0.315 e. The molecule has 0 aliphatic heterocycles. The van der Waals surface area contributed by atoms with Crippen molar-refractivity contribution in [3.05, 3.63) is 35.6 Å². The van der Waals surface area contributed by atoms with Crippen molar-refractivity contribution in [3.63, 3.8) is 0 Å². The van der Waals surface area contributed by atoms with Gasteiger partial charge in [0.15, 0.2) is 0 Å². The number of likely N-dealkylation sites (N-methyl/N-ethyl adjacent to an activating group) is 1. The molecule has 0 radical (unpaired) electrons. The standard InChI is InChI=1S/C15H22FN3O2/c1-10(2)8-13(14(20)17-3)19-15(21)18-9-11-6-4-5-7-12(11)16/h4-7,10,13H,8-9H2,1-3H3,(H,17,20)(H2,18,19,21)/t13-/m1/s1. The average molecular weight is 295 g/mol. The molecule has 116 valence electrons. The molecule has 0 fully saturated rings. The maximum Gasteiger partial charge on any atom is 0.315 e. The Bertz CT molecular complexity index is 492. The Labute approximate surface area is 124 Å². The summed E-state index contributed by atoms with van der Waals surface area (Å²) in [6.45, 7) is 4.00. The van der Waals surface area contributed by atoms with Gasteiger partial charge in [0.2, 0.25) is 5.91 Å². The number of urea groups is 1. The highest BCUT2D eigenvalue weighted by Gasteiger charge is 2.20. The fraction of sp³-hybridized carbons (Fsp3) is 0.467. The van der Waals surface area contributed by atoms with E-state index in [0.29, 0.717) is 12.0 Å². The monoisotopic (exact) mass is 295 g/mol. The Morgan fingerprint density at radius 1 is 1.24 bits per heavy atom. The molecule has 1 rings (SSSR count). The Hall–Kier alpha value is -2.11. The van der Waals surface area contributed by atoms with Crippen LogP contribution in [0.3, 0.4) is 0 Å². The third kappa shape index (κ3) is 5.81. The van der Waals surface area contributed by atoms with E-state index in [9.17, 15) is 14.0 Å². The van der Waals surface area contributed by atoms with Crippen LogP contribution in [0.2, 0.25) is 0 Å². The minimum absolute atomic E-state index is 0.0701. The van der Waals surface area contributed by atoms with Crippen molar-refractivity contribution < 1.29 is 14.0 Å². The van der Waals surface area contributed by atoms with Crippen molar-refractivity contribution in [2.24, 2.45) is 5.92 Å². The van der Waals surface area contributed by atoms with E-state index in [4.69, 9.17) is 0 Å². The Balaban J connectivity index is 2.54. The summed E-state index contributed by atoms with van der Waals surface area (Å²) in [5.74, 6) is -0.355. The van der Waals surface area contributed by atoms with E-state index in [1.807, 2.05) is 13.8 Å². The maximum atomic E-state index is 13.4. The zero-order chi connectivity index (χ0) is 15.8. The molecular formula is C15H22FN3O2. The quantitative estimate of drug-likeness (QED) is 0.749. The van der Waals surface area contributed by atoms with Crippen molar-refractivity contribution in [2.75, 3.05) is 7.05 Å². The number of nitrogens with one attached hydrogen (secondary N) is 3. The highest BCUT2D eigenvalue weighted by atomic mass is 19.1. The lowest BCUT2D eigenvalue weighted by molar-refractivity contribution is -0.122. The van der Waals surface area contributed by atoms with Gasteiger partial charge in [0.1, 0.15) is 11.9 Å². The second-order valence-corrected chi connectivity index (χ2v) is 5.21. The minimum atomic E-state index is -0.601. The van der Waals surface area contributed by atoms with Gasteiger partial charge in [-0.05, 0) is 18.4 Å². The molecule has 0 saturated heterocycles. The van der Waals surface area contributed by atoms with Crippen molar-refractivity contribution >= 4 is 11.9 Å². The summed E-state index contributed by atoms with van der Waals surface area (Å²) < 4.78 is 13.4. The highest BCUT2D eigenvalue weighted by molar-refractivity contribution is 5.86. The third-order valence-corrected chi connectivity index (χ3v) is 2.97. The second-order valence-electron chi connectivity index (χ2n) is 5.21. The summed E-state index contributed by atoms with van der Waals surface area (Å²) >= 11 is 0. The van der Waals surface area contributed by atoms with Crippen LogP contribution in [-0.4, -0.2) is 25.0 Å². The number of hydrogen-bond donors (Lipinski definition) is 3. The first-order valence-corrected chi connectivity index (χ1v) is 6.93. The van der Waals surface area contributed by atoms with Gasteiger partial charge in [-0.3, -0.25) is 4.79 Å². The fourth-order valence-corrected chi connectivity index (χ4v) is 1.90. The summed E-state index contributed by atoms with van der Waals surface area (Å²) in [5.41, 5.74) is 0.396. The van der Waals surface area contributed by atoms with Crippen LogP contribution in [-0.2, 0) is 11.3 Å². The molecule has 0 unspecified atom stereocenters. The SMILES string of the molecule is CNC(=O)[C@@H](CC(C)C)NC(=O)NCc1ccccc1F. The first kappa shape index (κ1) is 16.9. The summed E-state index contributed by atoms with van der Waals surface area (Å²) in [6, 6.07) is 5.12. The summed E-state index contributed by atoms with van der Waals surface area (Å²) in [6.07, 6.45) is 0.535. The number of benzene rings is 1. The van der Waals surface area contributed by atoms with Crippen LogP contribution in [0.25, 0.3) is 0 Å². The summed E-state index contributed by atoms with van der Waals surface area (Å²) in [4.78, 5) is 23.5. The average Bonchev–Trinajstić information content (AvgIpc) is 2.44. The Morgan fingerprint density at radius 3 is 2.48 bits per heavy atom. The molecule has 0 aliphatic rings. The van der Waals surface area contributed by atoms with Crippen LogP contribution in [0.15, 0.2) is 24.3 Å². The molecule has 6 heteroatoms. The minimum Gasteiger partial charge on any atom is -0.357 e. The van der Waals surface area contributed by atoms with Gasteiger partial charge in [-0.2, -0.15) is 0 Å². The van der Waals surface area contributed by atoms with Gasteiger partial charge in [-0.15, -0.1) is 0 Å². The lowest BCUT2D eigenvalue weighted by Gasteiger charge is -2.19. The van der Waals surface area contributed by atoms with E-state index in [1.54, 1.807) is 18.2 Å².